The van der Waals surface area contributed by atoms with Crippen LogP contribution in [-0.2, 0) is 9.59 Å². The summed E-state index contributed by atoms with van der Waals surface area (Å²) >= 11 is 1.52. The first-order chi connectivity index (χ1) is 10.3. The number of carbonyl (C=O) groups is 2. The summed E-state index contributed by atoms with van der Waals surface area (Å²) in [7, 11) is 0. The van der Waals surface area contributed by atoms with Gasteiger partial charge in [0.05, 0.1) is 5.69 Å². The average molecular weight is 304 g/mol. The van der Waals surface area contributed by atoms with Gasteiger partial charge in [-0.25, -0.2) is 9.97 Å². The summed E-state index contributed by atoms with van der Waals surface area (Å²) in [5.74, 6) is 0.913. The van der Waals surface area contributed by atoms with Gasteiger partial charge in [-0.05, 0) is 25.0 Å². The molecule has 1 aromatic rings. The van der Waals surface area contributed by atoms with Gasteiger partial charge in [0.1, 0.15) is 6.04 Å². The molecular formula is C14H16N4O2S. The summed E-state index contributed by atoms with van der Waals surface area (Å²) in [5, 5.41) is 3.01. The Labute approximate surface area is 127 Å². The minimum absolute atomic E-state index is 0.368. The van der Waals surface area contributed by atoms with Crippen molar-refractivity contribution >= 4 is 35.9 Å². The number of nitrogens with zero attached hydrogens (tertiary/aromatic N) is 3. The molecule has 1 unspecified atom stereocenters. The lowest BCUT2D eigenvalue weighted by Crippen LogP contribution is -2.32. The van der Waals surface area contributed by atoms with Crippen molar-refractivity contribution in [3.63, 3.8) is 0 Å². The summed E-state index contributed by atoms with van der Waals surface area (Å²) in [6.07, 6.45) is 6.30. The third-order valence-corrected chi connectivity index (χ3v) is 4.55. The lowest BCUT2D eigenvalue weighted by molar-refractivity contribution is -0.130. The summed E-state index contributed by atoms with van der Waals surface area (Å²) in [6, 6.07) is 1.28. The Morgan fingerprint density at radius 1 is 1.43 bits per heavy atom. The molecule has 2 fully saturated rings. The fraction of sp³-hybridized carbons (Fsp3) is 0.429. The van der Waals surface area contributed by atoms with E-state index in [1.54, 1.807) is 6.20 Å². The van der Waals surface area contributed by atoms with E-state index in [2.05, 4.69) is 20.2 Å². The predicted molar refractivity (Wildman–Crippen MR) is 81.9 cm³/mol. The third kappa shape index (κ3) is 3.14. The molecule has 0 amide bonds. The van der Waals surface area contributed by atoms with Crippen LogP contribution in [0.5, 0.6) is 0 Å². The standard InChI is InChI=1S/C14H16N4O2S/c19-8-11(20)13-12(21-9-16-13)7-10-3-4-15-14(17-10)18-5-1-2-6-18/h3-4,7-8,13,16H,1-2,5-6,9H2/b12-7-. The van der Waals surface area contributed by atoms with Gasteiger partial charge in [-0.1, -0.05) is 0 Å². The first-order valence-electron chi connectivity index (χ1n) is 6.93. The van der Waals surface area contributed by atoms with Gasteiger partial charge in [-0.3, -0.25) is 14.9 Å². The van der Waals surface area contributed by atoms with Crippen LogP contribution in [0.2, 0.25) is 0 Å². The Morgan fingerprint density at radius 2 is 2.24 bits per heavy atom. The van der Waals surface area contributed by atoms with Gasteiger partial charge in [-0.2, -0.15) is 0 Å². The smallest absolute Gasteiger partial charge is 0.225 e. The first-order valence-corrected chi connectivity index (χ1v) is 7.91. The van der Waals surface area contributed by atoms with E-state index in [1.165, 1.54) is 24.6 Å². The van der Waals surface area contributed by atoms with Crippen molar-refractivity contribution in [2.75, 3.05) is 23.9 Å². The molecule has 3 rings (SSSR count). The number of anilines is 1. The molecule has 6 nitrogen and oxygen atoms in total. The molecule has 2 saturated heterocycles. The van der Waals surface area contributed by atoms with E-state index in [1.807, 2.05) is 12.1 Å². The molecule has 2 aliphatic heterocycles. The van der Waals surface area contributed by atoms with Crippen LogP contribution in [0.4, 0.5) is 5.95 Å². The first kappa shape index (κ1) is 14.2. The lowest BCUT2D eigenvalue weighted by atomic mass is 10.1. The quantitative estimate of drug-likeness (QED) is 0.653. The highest BCUT2D eigenvalue weighted by atomic mass is 32.2. The molecule has 0 spiro atoms. The van der Waals surface area contributed by atoms with E-state index >= 15 is 0 Å². The SMILES string of the molecule is O=CC(=O)C1NCS/C1=C\c1ccnc(N2CCCC2)n1. The van der Waals surface area contributed by atoms with Crippen LogP contribution in [-0.4, -0.2) is 47.0 Å². The monoisotopic (exact) mass is 304 g/mol. The Morgan fingerprint density at radius 3 is 3.00 bits per heavy atom. The number of aromatic nitrogens is 2. The number of thioether (sulfide) groups is 1. The molecular weight excluding hydrogens is 288 g/mol. The zero-order chi connectivity index (χ0) is 14.7. The second-order valence-electron chi connectivity index (χ2n) is 4.97. The zero-order valence-electron chi connectivity index (χ0n) is 11.5. The van der Waals surface area contributed by atoms with Crippen molar-refractivity contribution in [3.8, 4) is 0 Å². The van der Waals surface area contributed by atoms with Gasteiger partial charge in [0, 0.05) is 30.1 Å². The van der Waals surface area contributed by atoms with Gasteiger partial charge in [0.25, 0.3) is 0 Å². The summed E-state index contributed by atoms with van der Waals surface area (Å²) in [4.78, 5) is 34.1. The normalized spacial score (nSPS) is 23.7. The number of hydrogen-bond donors (Lipinski definition) is 1. The largest absolute Gasteiger partial charge is 0.341 e. The number of ketones is 1. The second kappa shape index (κ2) is 6.36. The van der Waals surface area contributed by atoms with Crippen molar-refractivity contribution in [2.45, 2.75) is 18.9 Å². The maximum atomic E-state index is 11.6. The van der Waals surface area contributed by atoms with Gasteiger partial charge < -0.3 is 4.90 Å². The number of carbonyl (C=O) groups excluding carboxylic acids is 2. The molecule has 1 N–H and O–H groups in total. The molecule has 0 radical (unpaired) electrons. The lowest BCUT2D eigenvalue weighted by Gasteiger charge is -2.14. The van der Waals surface area contributed by atoms with Crippen molar-refractivity contribution in [2.24, 2.45) is 0 Å². The minimum atomic E-state index is -0.530. The molecule has 0 saturated carbocycles. The molecule has 21 heavy (non-hydrogen) atoms. The Balaban J connectivity index is 1.83. The number of rotatable bonds is 4. The Bertz CT molecular complexity index is 584. The fourth-order valence-corrected chi connectivity index (χ4v) is 3.47. The van der Waals surface area contributed by atoms with Crippen LogP contribution < -0.4 is 10.2 Å². The highest BCUT2D eigenvalue weighted by molar-refractivity contribution is 8.03. The Hall–Kier alpha value is -1.73. The average Bonchev–Trinajstić information content (AvgIpc) is 3.18. The Kier molecular flexibility index (Phi) is 4.31. The molecule has 0 aromatic carbocycles. The van der Waals surface area contributed by atoms with E-state index in [-0.39, 0.29) is 0 Å². The van der Waals surface area contributed by atoms with Crippen LogP contribution in [0.15, 0.2) is 17.2 Å². The topological polar surface area (TPSA) is 75.2 Å². The highest BCUT2D eigenvalue weighted by Crippen LogP contribution is 2.28. The summed E-state index contributed by atoms with van der Waals surface area (Å²) < 4.78 is 0. The van der Waals surface area contributed by atoms with Crippen molar-refractivity contribution in [1.82, 2.24) is 15.3 Å². The third-order valence-electron chi connectivity index (χ3n) is 3.55. The maximum absolute atomic E-state index is 11.6. The molecule has 2 aliphatic rings. The van der Waals surface area contributed by atoms with Crippen molar-refractivity contribution < 1.29 is 9.59 Å². The van der Waals surface area contributed by atoms with E-state index in [0.717, 1.165) is 29.6 Å². The van der Waals surface area contributed by atoms with Gasteiger partial charge in [0.2, 0.25) is 11.7 Å². The molecule has 0 bridgehead atoms. The van der Waals surface area contributed by atoms with Gasteiger partial charge in [0.15, 0.2) is 6.29 Å². The summed E-state index contributed by atoms with van der Waals surface area (Å²) in [5.41, 5.74) is 0.766. The van der Waals surface area contributed by atoms with E-state index in [4.69, 9.17) is 0 Å². The maximum Gasteiger partial charge on any atom is 0.225 e. The predicted octanol–water partition coefficient (Wildman–Crippen LogP) is 0.848. The van der Waals surface area contributed by atoms with Crippen LogP contribution in [0.25, 0.3) is 6.08 Å². The molecule has 7 heteroatoms. The van der Waals surface area contributed by atoms with Gasteiger partial charge in [-0.15, -0.1) is 11.8 Å². The molecule has 1 aromatic heterocycles. The second-order valence-corrected chi connectivity index (χ2v) is 6.02. The number of nitrogens with one attached hydrogen (secondary N) is 1. The van der Waals surface area contributed by atoms with Crippen LogP contribution in [0, 0.1) is 0 Å². The van der Waals surface area contributed by atoms with Crippen LogP contribution >= 0.6 is 11.8 Å². The van der Waals surface area contributed by atoms with Crippen molar-refractivity contribution in [1.29, 1.82) is 0 Å². The minimum Gasteiger partial charge on any atom is -0.341 e. The number of Topliss-reactive ketones (excluding diaryl/α,β-unsaturated/α-hetero) is 1. The number of aldehydes is 1. The van der Waals surface area contributed by atoms with E-state index < -0.39 is 11.8 Å². The van der Waals surface area contributed by atoms with E-state index in [9.17, 15) is 9.59 Å². The van der Waals surface area contributed by atoms with Crippen LogP contribution in [0.1, 0.15) is 18.5 Å². The highest BCUT2D eigenvalue weighted by Gasteiger charge is 2.27. The van der Waals surface area contributed by atoms with Gasteiger partial charge >= 0.3 is 0 Å². The van der Waals surface area contributed by atoms with Crippen LogP contribution in [0.3, 0.4) is 0 Å². The van der Waals surface area contributed by atoms with Crippen molar-refractivity contribution in [3.05, 3.63) is 22.9 Å². The molecule has 3 heterocycles. The molecule has 1 atom stereocenters. The number of hydrogen-bond acceptors (Lipinski definition) is 7. The summed E-state index contributed by atoms with van der Waals surface area (Å²) in [6.45, 7) is 1.98. The zero-order valence-corrected chi connectivity index (χ0v) is 12.3. The molecule has 110 valence electrons. The molecule has 0 aliphatic carbocycles. The fourth-order valence-electron chi connectivity index (χ4n) is 2.48. The van der Waals surface area contributed by atoms with E-state index in [0.29, 0.717) is 12.2 Å².